The summed E-state index contributed by atoms with van der Waals surface area (Å²) in [6.07, 6.45) is 0.244. The van der Waals surface area contributed by atoms with Gasteiger partial charge in [-0.2, -0.15) is 13.2 Å². The molecular formula is C16H16F3N3O. The Kier molecular flexibility index (Phi) is 4.32. The number of aliphatic hydroxyl groups is 1. The van der Waals surface area contributed by atoms with Crippen LogP contribution in [0.25, 0.3) is 0 Å². The molecule has 2 heterocycles. The first-order valence-electron chi connectivity index (χ1n) is 7.26. The molecule has 1 aliphatic heterocycles. The molecule has 1 aromatic carbocycles. The van der Waals surface area contributed by atoms with Gasteiger partial charge in [0.2, 0.25) is 0 Å². The van der Waals surface area contributed by atoms with Gasteiger partial charge in [0, 0.05) is 37.1 Å². The number of alkyl halides is 3. The van der Waals surface area contributed by atoms with E-state index >= 15 is 0 Å². The summed E-state index contributed by atoms with van der Waals surface area (Å²) in [7, 11) is 0. The molecule has 0 saturated carbocycles. The minimum absolute atomic E-state index is 0.257. The van der Waals surface area contributed by atoms with Gasteiger partial charge in [0.05, 0.1) is 11.7 Å². The zero-order chi connectivity index (χ0) is 16.4. The molecule has 0 amide bonds. The third kappa shape index (κ3) is 3.68. The van der Waals surface area contributed by atoms with Crippen LogP contribution >= 0.6 is 0 Å². The molecule has 1 aliphatic rings. The second-order valence-electron chi connectivity index (χ2n) is 5.70. The zero-order valence-corrected chi connectivity index (χ0v) is 12.2. The summed E-state index contributed by atoms with van der Waals surface area (Å²) in [5, 5.41) is 9.94. The second kappa shape index (κ2) is 6.25. The van der Waals surface area contributed by atoms with Gasteiger partial charge in [-0.05, 0) is 24.1 Å². The molecule has 4 nitrogen and oxygen atoms in total. The summed E-state index contributed by atoms with van der Waals surface area (Å²) in [5.74, 6) is 0. The Balaban J connectivity index is 1.85. The van der Waals surface area contributed by atoms with Gasteiger partial charge in [0.15, 0.2) is 0 Å². The van der Waals surface area contributed by atoms with Crippen LogP contribution in [0.4, 0.5) is 13.2 Å². The fourth-order valence-electron chi connectivity index (χ4n) is 2.97. The van der Waals surface area contributed by atoms with Crippen LogP contribution in [0.15, 0.2) is 43.0 Å². The Hall–Kier alpha value is -1.99. The first-order chi connectivity index (χ1) is 10.9. The van der Waals surface area contributed by atoms with E-state index in [0.717, 1.165) is 17.7 Å². The lowest BCUT2D eigenvalue weighted by molar-refractivity contribution is -0.137. The smallest absolute Gasteiger partial charge is 0.392 e. The number of hydrogen-bond acceptors (Lipinski definition) is 4. The number of benzene rings is 1. The molecule has 7 heteroatoms. The van der Waals surface area contributed by atoms with Gasteiger partial charge in [0.1, 0.15) is 6.33 Å². The molecule has 3 rings (SSSR count). The van der Waals surface area contributed by atoms with Gasteiger partial charge in [-0.15, -0.1) is 0 Å². The standard InChI is InChI=1S/C16H16F3N3O/c17-16(18,19)13-3-1-2-12(4-13)15-5-14(23)9-22(15)8-11-6-20-10-21-7-11/h1-4,6-7,10,14-15,23H,5,8-9H2/t14-,15+/m0/s1. The lowest BCUT2D eigenvalue weighted by Crippen LogP contribution is -2.24. The third-order valence-electron chi connectivity index (χ3n) is 3.98. The molecule has 2 atom stereocenters. The Morgan fingerprint density at radius 2 is 1.96 bits per heavy atom. The fourth-order valence-corrected chi connectivity index (χ4v) is 2.97. The van der Waals surface area contributed by atoms with E-state index < -0.39 is 17.8 Å². The maximum atomic E-state index is 12.9. The Labute approximate surface area is 131 Å². The third-order valence-corrected chi connectivity index (χ3v) is 3.98. The van der Waals surface area contributed by atoms with Crippen molar-refractivity contribution >= 4 is 0 Å². The van der Waals surface area contributed by atoms with E-state index in [1.165, 1.54) is 12.4 Å². The van der Waals surface area contributed by atoms with Crippen molar-refractivity contribution in [1.29, 1.82) is 0 Å². The Morgan fingerprint density at radius 3 is 2.65 bits per heavy atom. The van der Waals surface area contributed by atoms with Gasteiger partial charge in [-0.25, -0.2) is 9.97 Å². The van der Waals surface area contributed by atoms with Crippen LogP contribution < -0.4 is 0 Å². The molecule has 1 fully saturated rings. The number of hydrogen-bond donors (Lipinski definition) is 1. The highest BCUT2D eigenvalue weighted by molar-refractivity contribution is 5.29. The first-order valence-corrected chi connectivity index (χ1v) is 7.26. The largest absolute Gasteiger partial charge is 0.416 e. The van der Waals surface area contributed by atoms with E-state index in [1.54, 1.807) is 18.5 Å². The van der Waals surface area contributed by atoms with Crippen molar-refractivity contribution in [3.63, 3.8) is 0 Å². The predicted molar refractivity (Wildman–Crippen MR) is 77.3 cm³/mol. The predicted octanol–water partition coefficient (Wildman–Crippen LogP) is 2.80. The number of aromatic nitrogens is 2. The van der Waals surface area contributed by atoms with Crippen molar-refractivity contribution in [3.8, 4) is 0 Å². The topological polar surface area (TPSA) is 49.2 Å². The number of nitrogens with zero attached hydrogens (tertiary/aromatic N) is 3. The summed E-state index contributed by atoms with van der Waals surface area (Å²) in [4.78, 5) is 9.84. The normalized spacial score (nSPS) is 22.4. The summed E-state index contributed by atoms with van der Waals surface area (Å²) in [5.41, 5.74) is 0.756. The van der Waals surface area contributed by atoms with Crippen molar-refractivity contribution in [2.45, 2.75) is 31.3 Å². The number of rotatable bonds is 3. The lowest BCUT2D eigenvalue weighted by atomic mass is 10.0. The van der Waals surface area contributed by atoms with E-state index in [1.807, 2.05) is 4.90 Å². The monoisotopic (exact) mass is 323 g/mol. The van der Waals surface area contributed by atoms with Gasteiger partial charge in [-0.1, -0.05) is 12.1 Å². The van der Waals surface area contributed by atoms with Crippen molar-refractivity contribution in [2.24, 2.45) is 0 Å². The SMILES string of the molecule is O[C@H]1C[C@H](c2cccc(C(F)(F)F)c2)N(Cc2cncnc2)C1. The molecule has 23 heavy (non-hydrogen) atoms. The molecule has 122 valence electrons. The van der Waals surface area contributed by atoms with Gasteiger partial charge in [-0.3, -0.25) is 4.90 Å². The van der Waals surface area contributed by atoms with E-state index in [0.29, 0.717) is 25.1 Å². The highest BCUT2D eigenvalue weighted by atomic mass is 19.4. The Morgan fingerprint density at radius 1 is 1.22 bits per heavy atom. The van der Waals surface area contributed by atoms with E-state index in [9.17, 15) is 18.3 Å². The number of β-amino-alcohol motifs (C(OH)–C–C–N with tert-alkyl or cyclic N) is 1. The average molecular weight is 323 g/mol. The Bertz CT molecular complexity index is 663. The number of likely N-dealkylation sites (tertiary alicyclic amines) is 1. The van der Waals surface area contributed by atoms with Crippen molar-refractivity contribution < 1.29 is 18.3 Å². The second-order valence-corrected chi connectivity index (χ2v) is 5.70. The molecule has 0 radical (unpaired) electrons. The van der Waals surface area contributed by atoms with Crippen LogP contribution in [0, 0.1) is 0 Å². The van der Waals surface area contributed by atoms with Crippen molar-refractivity contribution in [1.82, 2.24) is 14.9 Å². The van der Waals surface area contributed by atoms with Crippen molar-refractivity contribution in [2.75, 3.05) is 6.54 Å². The summed E-state index contributed by atoms with van der Waals surface area (Å²) in [6, 6.07) is 5.05. The molecule has 2 aromatic rings. The number of aliphatic hydroxyl groups excluding tert-OH is 1. The maximum absolute atomic E-state index is 12.9. The van der Waals surface area contributed by atoms with Gasteiger partial charge >= 0.3 is 6.18 Å². The summed E-state index contributed by atoms with van der Waals surface area (Å²) in [6.45, 7) is 0.897. The lowest BCUT2D eigenvalue weighted by Gasteiger charge is -2.24. The van der Waals surface area contributed by atoms with Crippen LogP contribution in [0.1, 0.15) is 29.2 Å². The van der Waals surface area contributed by atoms with E-state index in [-0.39, 0.29) is 6.04 Å². The highest BCUT2D eigenvalue weighted by Crippen LogP contribution is 2.36. The highest BCUT2D eigenvalue weighted by Gasteiger charge is 2.35. The van der Waals surface area contributed by atoms with Crippen LogP contribution in [0.5, 0.6) is 0 Å². The van der Waals surface area contributed by atoms with Crippen LogP contribution in [0.3, 0.4) is 0 Å². The molecule has 0 aliphatic carbocycles. The molecule has 1 saturated heterocycles. The first kappa shape index (κ1) is 15.9. The molecule has 0 spiro atoms. The molecule has 1 N–H and O–H groups in total. The van der Waals surface area contributed by atoms with Crippen molar-refractivity contribution in [3.05, 3.63) is 59.7 Å². The van der Waals surface area contributed by atoms with Gasteiger partial charge in [0.25, 0.3) is 0 Å². The quantitative estimate of drug-likeness (QED) is 0.944. The van der Waals surface area contributed by atoms with E-state index in [2.05, 4.69) is 9.97 Å². The molecule has 0 bridgehead atoms. The van der Waals surface area contributed by atoms with Gasteiger partial charge < -0.3 is 5.11 Å². The summed E-state index contributed by atoms with van der Waals surface area (Å²) < 4.78 is 38.7. The molecule has 1 aromatic heterocycles. The average Bonchev–Trinajstić information content (AvgIpc) is 2.88. The zero-order valence-electron chi connectivity index (χ0n) is 12.2. The van der Waals surface area contributed by atoms with E-state index in [4.69, 9.17) is 0 Å². The fraction of sp³-hybridized carbons (Fsp3) is 0.375. The molecule has 0 unspecified atom stereocenters. The molecular weight excluding hydrogens is 307 g/mol. The maximum Gasteiger partial charge on any atom is 0.416 e. The number of halogens is 3. The van der Waals surface area contributed by atoms with Crippen LogP contribution in [-0.2, 0) is 12.7 Å². The minimum Gasteiger partial charge on any atom is -0.392 e. The van der Waals surface area contributed by atoms with Crippen LogP contribution in [-0.4, -0.2) is 32.6 Å². The van der Waals surface area contributed by atoms with Crippen LogP contribution in [0.2, 0.25) is 0 Å². The minimum atomic E-state index is -4.37. The summed E-state index contributed by atoms with van der Waals surface area (Å²) >= 11 is 0.